The second-order valence-corrected chi connectivity index (χ2v) is 8.96. The maximum absolute atomic E-state index is 11.3. The van der Waals surface area contributed by atoms with Crippen LogP contribution < -0.4 is 0 Å². The molecule has 0 radical (unpaired) electrons. The fourth-order valence-corrected chi connectivity index (χ4v) is 3.72. The number of benzene rings is 1. The van der Waals surface area contributed by atoms with Crippen molar-refractivity contribution in [2.75, 3.05) is 0 Å². The molecular formula is C23H34O4. The predicted octanol–water partition coefficient (Wildman–Crippen LogP) is 5.40. The monoisotopic (exact) mass is 374 g/mol. The van der Waals surface area contributed by atoms with Crippen LogP contribution in [0.15, 0.2) is 18.2 Å². The molecule has 0 saturated heterocycles. The first kappa shape index (κ1) is 21.5. The molecule has 0 bridgehead atoms. The fourth-order valence-electron chi connectivity index (χ4n) is 3.72. The van der Waals surface area contributed by atoms with Crippen molar-refractivity contribution in [1.29, 1.82) is 0 Å². The number of unbranched alkanes of at least 4 members (excludes halogenated alkanes) is 2. The van der Waals surface area contributed by atoms with Crippen molar-refractivity contribution in [3.63, 3.8) is 0 Å². The normalized spacial score (nSPS) is 15.5. The molecule has 0 heterocycles. The summed E-state index contributed by atoms with van der Waals surface area (Å²) < 4.78 is 0. The van der Waals surface area contributed by atoms with Crippen LogP contribution in [-0.4, -0.2) is 22.2 Å². The highest BCUT2D eigenvalue weighted by atomic mass is 16.4. The van der Waals surface area contributed by atoms with Crippen molar-refractivity contribution in [1.82, 2.24) is 0 Å². The van der Waals surface area contributed by atoms with Gasteiger partial charge in [-0.25, -0.2) is 0 Å². The third kappa shape index (κ3) is 6.08. The summed E-state index contributed by atoms with van der Waals surface area (Å²) in [6.07, 6.45) is 9.04. The van der Waals surface area contributed by atoms with E-state index in [1.54, 1.807) is 13.8 Å². The Bertz CT molecular complexity index is 671. The number of rotatable bonds is 12. The Balaban J connectivity index is 1.81. The molecule has 1 aliphatic carbocycles. The van der Waals surface area contributed by atoms with E-state index in [1.807, 2.05) is 0 Å². The first-order valence-corrected chi connectivity index (χ1v) is 10.2. The molecule has 0 aliphatic heterocycles. The third-order valence-electron chi connectivity index (χ3n) is 6.10. The number of hydrogen-bond donors (Lipinski definition) is 2. The van der Waals surface area contributed by atoms with E-state index in [0.717, 1.165) is 57.8 Å². The zero-order chi connectivity index (χ0) is 20.1. The lowest BCUT2D eigenvalue weighted by Gasteiger charge is -2.19. The van der Waals surface area contributed by atoms with E-state index in [9.17, 15) is 19.8 Å². The first-order valence-electron chi connectivity index (χ1n) is 10.2. The summed E-state index contributed by atoms with van der Waals surface area (Å²) in [4.78, 5) is 22.5. The molecular weight excluding hydrogens is 340 g/mol. The van der Waals surface area contributed by atoms with E-state index in [2.05, 4.69) is 25.1 Å². The Labute approximate surface area is 163 Å². The molecule has 2 N–H and O–H groups in total. The van der Waals surface area contributed by atoms with E-state index in [4.69, 9.17) is 0 Å². The Kier molecular flexibility index (Phi) is 7.07. The summed E-state index contributed by atoms with van der Waals surface area (Å²) in [6, 6.07) is 6.60. The summed E-state index contributed by atoms with van der Waals surface area (Å²) in [5.74, 6) is -1.35. The van der Waals surface area contributed by atoms with Crippen LogP contribution in [0.5, 0.6) is 0 Å². The van der Waals surface area contributed by atoms with Gasteiger partial charge in [0.1, 0.15) is 0 Å². The molecule has 4 heteroatoms. The number of carboxylic acid groups (broad SMARTS) is 2. The molecule has 150 valence electrons. The second kappa shape index (κ2) is 8.90. The van der Waals surface area contributed by atoms with Crippen LogP contribution in [0.1, 0.15) is 81.9 Å². The van der Waals surface area contributed by atoms with Gasteiger partial charge in [-0.15, -0.1) is 0 Å². The Hall–Kier alpha value is -1.84. The number of hydrogen-bond acceptors (Lipinski definition) is 2. The minimum atomic E-state index is -0.728. The summed E-state index contributed by atoms with van der Waals surface area (Å²) in [5, 5.41) is 18.5. The van der Waals surface area contributed by atoms with Gasteiger partial charge in [0.2, 0.25) is 0 Å². The molecule has 0 spiro atoms. The van der Waals surface area contributed by atoms with Gasteiger partial charge in [-0.2, -0.15) is 0 Å². The minimum absolute atomic E-state index is 0.410. The average molecular weight is 375 g/mol. The summed E-state index contributed by atoms with van der Waals surface area (Å²) >= 11 is 0. The summed E-state index contributed by atoms with van der Waals surface area (Å²) in [6.45, 7) is 5.68. The molecule has 2 rings (SSSR count). The van der Waals surface area contributed by atoms with Crippen LogP contribution >= 0.6 is 0 Å². The van der Waals surface area contributed by atoms with Crippen LogP contribution in [0, 0.1) is 17.8 Å². The number of carbonyl (C=O) groups is 2. The van der Waals surface area contributed by atoms with Crippen LogP contribution in [0.3, 0.4) is 0 Å². The molecule has 0 aromatic heterocycles. The van der Waals surface area contributed by atoms with E-state index < -0.39 is 22.8 Å². The van der Waals surface area contributed by atoms with Gasteiger partial charge in [0, 0.05) is 0 Å². The van der Waals surface area contributed by atoms with Crippen LogP contribution in [0.4, 0.5) is 0 Å². The van der Waals surface area contributed by atoms with Crippen molar-refractivity contribution >= 4 is 11.9 Å². The second-order valence-electron chi connectivity index (χ2n) is 8.96. The molecule has 27 heavy (non-hydrogen) atoms. The van der Waals surface area contributed by atoms with Crippen LogP contribution in [0.25, 0.3) is 0 Å². The van der Waals surface area contributed by atoms with Crippen LogP contribution in [0.2, 0.25) is 0 Å². The van der Waals surface area contributed by atoms with Gasteiger partial charge in [-0.05, 0) is 83.3 Å². The van der Waals surface area contributed by atoms with Gasteiger partial charge in [0.05, 0.1) is 10.8 Å². The van der Waals surface area contributed by atoms with Gasteiger partial charge in [0.25, 0.3) is 0 Å². The average Bonchev–Trinajstić information content (AvgIpc) is 3.38. The maximum atomic E-state index is 11.3. The maximum Gasteiger partial charge on any atom is 0.309 e. The van der Waals surface area contributed by atoms with Crippen molar-refractivity contribution in [3.8, 4) is 0 Å². The smallest absolute Gasteiger partial charge is 0.309 e. The van der Waals surface area contributed by atoms with Crippen LogP contribution in [-0.2, 0) is 22.4 Å². The van der Waals surface area contributed by atoms with Crippen molar-refractivity contribution in [2.45, 2.75) is 85.0 Å². The Morgan fingerprint density at radius 1 is 1.00 bits per heavy atom. The van der Waals surface area contributed by atoms with Gasteiger partial charge < -0.3 is 10.2 Å². The van der Waals surface area contributed by atoms with Crippen molar-refractivity contribution < 1.29 is 19.8 Å². The predicted molar refractivity (Wildman–Crippen MR) is 107 cm³/mol. The molecule has 1 aliphatic rings. The lowest BCUT2D eigenvalue weighted by molar-refractivity contribution is -0.147. The zero-order valence-corrected chi connectivity index (χ0v) is 17.0. The third-order valence-corrected chi connectivity index (χ3v) is 6.10. The molecule has 1 saturated carbocycles. The molecule has 0 unspecified atom stereocenters. The zero-order valence-electron chi connectivity index (χ0n) is 17.0. The topological polar surface area (TPSA) is 74.6 Å². The standard InChI is InChI=1S/C23H34O4/c1-17-10-11-18(8-5-7-13-23(14-15-23)21(26)27)19(16-17)9-4-6-12-22(2,3)20(24)25/h10-11,16H,4-9,12-15H2,1-3H3,(H,24,25)(H,26,27). The molecule has 1 aromatic rings. The van der Waals surface area contributed by atoms with Gasteiger partial charge >= 0.3 is 11.9 Å². The fraction of sp³-hybridized carbons (Fsp3) is 0.652. The largest absolute Gasteiger partial charge is 0.481 e. The van der Waals surface area contributed by atoms with Gasteiger partial charge in [0.15, 0.2) is 0 Å². The van der Waals surface area contributed by atoms with Crippen molar-refractivity contribution in [3.05, 3.63) is 34.9 Å². The molecule has 0 amide bonds. The molecule has 1 fully saturated rings. The molecule has 1 aromatic carbocycles. The number of aryl methyl sites for hydroxylation is 3. The summed E-state index contributed by atoms with van der Waals surface area (Å²) in [5.41, 5.74) is 2.91. The van der Waals surface area contributed by atoms with E-state index >= 15 is 0 Å². The molecule has 4 nitrogen and oxygen atoms in total. The highest BCUT2D eigenvalue weighted by Crippen LogP contribution is 2.50. The van der Waals surface area contributed by atoms with Gasteiger partial charge in [-0.1, -0.05) is 36.6 Å². The van der Waals surface area contributed by atoms with E-state index in [1.165, 1.54) is 16.7 Å². The first-order chi connectivity index (χ1) is 12.7. The lowest BCUT2D eigenvalue weighted by atomic mass is 9.86. The quantitative estimate of drug-likeness (QED) is 0.481. The highest BCUT2D eigenvalue weighted by molar-refractivity contribution is 5.77. The van der Waals surface area contributed by atoms with Crippen molar-refractivity contribution in [2.24, 2.45) is 10.8 Å². The SMILES string of the molecule is Cc1ccc(CCCCC2(C(=O)O)CC2)c(CCCCC(C)(C)C(=O)O)c1. The minimum Gasteiger partial charge on any atom is -0.481 e. The number of carboxylic acids is 2. The molecule has 0 atom stereocenters. The highest BCUT2D eigenvalue weighted by Gasteiger charge is 2.49. The van der Waals surface area contributed by atoms with Gasteiger partial charge in [-0.3, -0.25) is 9.59 Å². The number of aliphatic carboxylic acids is 2. The van der Waals surface area contributed by atoms with E-state index in [-0.39, 0.29) is 0 Å². The Morgan fingerprint density at radius 2 is 1.63 bits per heavy atom. The van der Waals surface area contributed by atoms with E-state index in [0.29, 0.717) is 6.42 Å². The lowest BCUT2D eigenvalue weighted by Crippen LogP contribution is -2.23. The Morgan fingerprint density at radius 3 is 2.22 bits per heavy atom. The summed E-state index contributed by atoms with van der Waals surface area (Å²) in [7, 11) is 0.